The maximum Gasteiger partial charge on any atom is 0.336 e. The van der Waals surface area contributed by atoms with E-state index in [1.54, 1.807) is 24.3 Å². The molecule has 8 N–H and O–H groups in total. The zero-order valence-corrected chi connectivity index (χ0v) is 36.7. The molecule has 0 aliphatic carbocycles. The van der Waals surface area contributed by atoms with E-state index >= 15 is 0 Å². The van der Waals surface area contributed by atoms with Crippen molar-refractivity contribution in [3.05, 3.63) is 196 Å². The van der Waals surface area contributed by atoms with Crippen LogP contribution in [0.15, 0.2) is 146 Å². The van der Waals surface area contributed by atoms with Gasteiger partial charge in [-0.2, -0.15) is 0 Å². The number of carbonyl (C=O) groups excluding carboxylic acids is 4. The molecule has 350 valence electrons. The van der Waals surface area contributed by atoms with E-state index in [1.807, 2.05) is 19.1 Å². The largest absolute Gasteiger partial charge is 0.478 e. The number of carboxylic acids is 4. The molecular weight excluding hydrogens is 905 g/mol. The molecule has 4 amide bonds. The lowest BCUT2D eigenvalue weighted by atomic mass is 9.95. The molecule has 0 radical (unpaired) electrons. The topological polar surface area (TPSA) is 284 Å². The van der Waals surface area contributed by atoms with E-state index in [4.69, 9.17) is 9.47 Å². The van der Waals surface area contributed by atoms with Crippen molar-refractivity contribution in [2.45, 2.75) is 6.92 Å². The summed E-state index contributed by atoms with van der Waals surface area (Å²) in [4.78, 5) is 101. The molecule has 7 aromatic rings. The highest BCUT2D eigenvalue weighted by atomic mass is 16.5. The second-order valence-corrected chi connectivity index (χ2v) is 15.2. The maximum absolute atomic E-state index is 13.6. The van der Waals surface area contributed by atoms with E-state index in [-0.39, 0.29) is 39.3 Å². The fraction of sp³-hybridized carbons (Fsp3) is 0.0385. The Labute approximate surface area is 396 Å². The van der Waals surface area contributed by atoms with Crippen LogP contribution in [0.4, 0.5) is 17.1 Å². The lowest BCUT2D eigenvalue weighted by molar-refractivity contribution is 0.0677. The summed E-state index contributed by atoms with van der Waals surface area (Å²) in [6, 6.07) is 35.1. The first-order valence-electron chi connectivity index (χ1n) is 20.8. The molecule has 18 nitrogen and oxygen atoms in total. The standard InChI is InChI=1S/C52H38N4O14/c1-27-3-13-33(14-4-27)69-34-15-9-31(10-16-34)55-47(59)41-25-42(44(52(67)68)26-43(41)51(65)66)48(60)56-32-11-19-36(20-12-32)70-35-17-7-30(8-18-35)54-46(58)40-24-29(6-22-38(40)50(63)64)28-5-21-37(49(61)62)39(23-28)45(57)53-2/h3-26H,1-2H3,(H,53,57)(H,54,58)(H,55,59)(H,56,60)(H,61,62)(H,63,64)(H,65,66)(H,67,68). The summed E-state index contributed by atoms with van der Waals surface area (Å²) in [5, 5.41) is 49.4. The first-order valence-corrected chi connectivity index (χ1v) is 20.8. The SMILES string of the molecule is CNC(=O)c1cc(-c2ccc(C(=O)O)c(C(=O)Nc3ccc(Oc4ccc(NC(=O)c5cc(C(=O)Nc6ccc(Oc7ccc(C)cc7)cc6)c(C(=O)O)cc5C(=O)O)cc4)cc3)c2)ccc1C(=O)O. The number of rotatable bonds is 16. The van der Waals surface area contributed by atoms with Crippen LogP contribution in [0.3, 0.4) is 0 Å². The van der Waals surface area contributed by atoms with Gasteiger partial charge in [0.05, 0.1) is 44.5 Å². The Morgan fingerprint density at radius 2 is 0.629 bits per heavy atom. The van der Waals surface area contributed by atoms with Gasteiger partial charge in [-0.25, -0.2) is 19.2 Å². The average Bonchev–Trinajstić information content (AvgIpc) is 3.35. The normalized spacial score (nSPS) is 10.5. The number of aromatic carboxylic acids is 4. The van der Waals surface area contributed by atoms with Gasteiger partial charge in [-0.05, 0) is 139 Å². The average molecular weight is 943 g/mol. The molecule has 0 saturated heterocycles. The molecule has 0 saturated carbocycles. The minimum Gasteiger partial charge on any atom is -0.478 e. The Kier molecular flexibility index (Phi) is 14.1. The molecule has 7 rings (SSSR count). The van der Waals surface area contributed by atoms with Crippen molar-refractivity contribution < 1.29 is 68.3 Å². The summed E-state index contributed by atoms with van der Waals surface area (Å²) >= 11 is 0. The molecule has 0 heterocycles. The predicted octanol–water partition coefficient (Wildman–Crippen LogP) is 9.16. The molecule has 0 bridgehead atoms. The molecule has 0 aliphatic rings. The van der Waals surface area contributed by atoms with E-state index in [0.717, 1.165) is 17.7 Å². The van der Waals surface area contributed by atoms with Crippen LogP contribution < -0.4 is 30.7 Å². The number of amides is 4. The number of benzene rings is 7. The van der Waals surface area contributed by atoms with Gasteiger partial charge in [0.1, 0.15) is 23.0 Å². The minimum absolute atomic E-state index is 0.132. The van der Waals surface area contributed by atoms with Gasteiger partial charge in [0.2, 0.25) is 0 Å². The Morgan fingerprint density at radius 1 is 0.343 bits per heavy atom. The van der Waals surface area contributed by atoms with Gasteiger partial charge in [-0.15, -0.1) is 0 Å². The van der Waals surface area contributed by atoms with Crippen LogP contribution in [-0.2, 0) is 0 Å². The number of aryl methyl sites for hydroxylation is 1. The van der Waals surface area contributed by atoms with Crippen molar-refractivity contribution in [2.75, 3.05) is 23.0 Å². The molecule has 0 spiro atoms. The molecule has 18 heteroatoms. The molecule has 0 atom stereocenters. The summed E-state index contributed by atoms with van der Waals surface area (Å²) in [6.45, 7) is 1.94. The third-order valence-corrected chi connectivity index (χ3v) is 10.5. The molecule has 0 unspecified atom stereocenters. The summed E-state index contributed by atoms with van der Waals surface area (Å²) in [5.74, 6) is -7.58. The number of anilines is 3. The minimum atomic E-state index is -1.61. The van der Waals surface area contributed by atoms with Crippen molar-refractivity contribution in [1.29, 1.82) is 0 Å². The summed E-state index contributed by atoms with van der Waals surface area (Å²) in [5.41, 5.74) is -0.745. The van der Waals surface area contributed by atoms with Gasteiger partial charge in [0.15, 0.2) is 0 Å². The van der Waals surface area contributed by atoms with Crippen LogP contribution in [0.1, 0.15) is 88.4 Å². The van der Waals surface area contributed by atoms with Crippen LogP contribution >= 0.6 is 0 Å². The first kappa shape index (κ1) is 47.9. The highest BCUT2D eigenvalue weighted by Crippen LogP contribution is 2.30. The number of carboxylic acid groups (broad SMARTS) is 4. The summed E-state index contributed by atoms with van der Waals surface area (Å²) in [6.07, 6.45) is 0. The van der Waals surface area contributed by atoms with Crippen LogP contribution in [-0.4, -0.2) is 75.0 Å². The van der Waals surface area contributed by atoms with Crippen molar-refractivity contribution in [2.24, 2.45) is 0 Å². The number of ether oxygens (including phenoxy) is 2. The summed E-state index contributed by atoms with van der Waals surface area (Å²) in [7, 11) is 1.34. The second kappa shape index (κ2) is 20.6. The first-order chi connectivity index (χ1) is 33.5. The lowest BCUT2D eigenvalue weighted by Crippen LogP contribution is -2.22. The van der Waals surface area contributed by atoms with Gasteiger partial charge in [0, 0.05) is 24.1 Å². The third kappa shape index (κ3) is 11.1. The van der Waals surface area contributed by atoms with Crippen LogP contribution in [0.25, 0.3) is 11.1 Å². The van der Waals surface area contributed by atoms with E-state index in [0.29, 0.717) is 34.1 Å². The number of hydrogen-bond donors (Lipinski definition) is 8. The second-order valence-electron chi connectivity index (χ2n) is 15.2. The third-order valence-electron chi connectivity index (χ3n) is 10.5. The molecule has 0 fully saturated rings. The van der Waals surface area contributed by atoms with Gasteiger partial charge < -0.3 is 51.2 Å². The zero-order chi connectivity index (χ0) is 50.2. The zero-order valence-electron chi connectivity index (χ0n) is 36.7. The van der Waals surface area contributed by atoms with Crippen LogP contribution in [0.2, 0.25) is 0 Å². The lowest BCUT2D eigenvalue weighted by Gasteiger charge is -2.14. The molecule has 7 aromatic carbocycles. The quantitative estimate of drug-likeness (QED) is 0.0448. The molecule has 0 aliphatic heterocycles. The number of carbonyl (C=O) groups is 8. The Bertz CT molecular complexity index is 3240. The predicted molar refractivity (Wildman–Crippen MR) is 254 cm³/mol. The van der Waals surface area contributed by atoms with Crippen molar-refractivity contribution in [3.63, 3.8) is 0 Å². The maximum atomic E-state index is 13.6. The Hall–Kier alpha value is -10.1. The molecule has 0 aromatic heterocycles. The van der Waals surface area contributed by atoms with Gasteiger partial charge in [-0.3, -0.25) is 19.2 Å². The highest BCUT2D eigenvalue weighted by molar-refractivity contribution is 6.17. The van der Waals surface area contributed by atoms with Crippen LogP contribution in [0.5, 0.6) is 23.0 Å². The van der Waals surface area contributed by atoms with E-state index in [2.05, 4.69) is 21.3 Å². The van der Waals surface area contributed by atoms with E-state index in [1.165, 1.54) is 104 Å². The number of hydrogen-bond acceptors (Lipinski definition) is 10. The smallest absolute Gasteiger partial charge is 0.336 e. The number of nitrogens with one attached hydrogen (secondary N) is 4. The van der Waals surface area contributed by atoms with Crippen molar-refractivity contribution in [1.82, 2.24) is 5.32 Å². The fourth-order valence-corrected chi connectivity index (χ4v) is 6.95. The fourth-order valence-electron chi connectivity index (χ4n) is 6.95. The van der Waals surface area contributed by atoms with Gasteiger partial charge >= 0.3 is 23.9 Å². The molecular formula is C52H38N4O14. The monoisotopic (exact) mass is 942 g/mol. The molecule has 70 heavy (non-hydrogen) atoms. The van der Waals surface area contributed by atoms with Crippen molar-refractivity contribution >= 4 is 64.6 Å². The Morgan fingerprint density at radius 3 is 0.943 bits per heavy atom. The Balaban J connectivity index is 1.01. The highest BCUT2D eigenvalue weighted by Gasteiger charge is 2.27. The summed E-state index contributed by atoms with van der Waals surface area (Å²) < 4.78 is 11.7. The van der Waals surface area contributed by atoms with E-state index < -0.39 is 69.8 Å². The van der Waals surface area contributed by atoms with Gasteiger partial charge in [0.25, 0.3) is 23.6 Å². The van der Waals surface area contributed by atoms with Crippen molar-refractivity contribution in [3.8, 4) is 34.1 Å². The van der Waals surface area contributed by atoms with Gasteiger partial charge in [-0.1, -0.05) is 29.8 Å². The van der Waals surface area contributed by atoms with Crippen LogP contribution in [0, 0.1) is 6.92 Å². The van der Waals surface area contributed by atoms with E-state index in [9.17, 15) is 58.8 Å².